The van der Waals surface area contributed by atoms with Crippen molar-refractivity contribution in [2.24, 2.45) is 0 Å². The van der Waals surface area contributed by atoms with Crippen molar-refractivity contribution >= 4 is 16.6 Å². The second kappa shape index (κ2) is 5.21. The van der Waals surface area contributed by atoms with Crippen molar-refractivity contribution in [1.82, 2.24) is 4.98 Å². The lowest BCUT2D eigenvalue weighted by Gasteiger charge is -2.09. The highest BCUT2D eigenvalue weighted by atomic mass is 16.1. The molecule has 0 spiro atoms. The first-order valence-electron chi connectivity index (χ1n) is 6.64. The zero-order valence-electron chi connectivity index (χ0n) is 11.3. The van der Waals surface area contributed by atoms with Crippen LogP contribution in [0.2, 0.25) is 0 Å². The Balaban J connectivity index is 1.90. The highest BCUT2D eigenvalue weighted by molar-refractivity contribution is 5.82. The number of hydrogen-bond donors (Lipinski definition) is 2. The van der Waals surface area contributed by atoms with E-state index >= 15 is 0 Å². The molecule has 0 saturated carbocycles. The van der Waals surface area contributed by atoms with Crippen LogP contribution in [0.25, 0.3) is 10.9 Å². The van der Waals surface area contributed by atoms with Crippen LogP contribution in [-0.4, -0.2) is 4.98 Å². The number of anilines is 1. The number of aromatic amines is 1. The largest absolute Gasteiger partial charge is 0.381 e. The second-order valence-electron chi connectivity index (χ2n) is 4.92. The Bertz CT molecular complexity index is 788. The first-order valence-corrected chi connectivity index (χ1v) is 6.64. The fourth-order valence-corrected chi connectivity index (χ4v) is 2.29. The van der Waals surface area contributed by atoms with Crippen LogP contribution >= 0.6 is 0 Å². The second-order valence-corrected chi connectivity index (χ2v) is 4.92. The van der Waals surface area contributed by atoms with Crippen LogP contribution in [0.3, 0.4) is 0 Å². The molecule has 0 amide bonds. The summed E-state index contributed by atoms with van der Waals surface area (Å²) in [6, 6.07) is 17.7. The number of H-pyrrole nitrogens is 1. The molecule has 0 aliphatic rings. The Morgan fingerprint density at radius 2 is 1.80 bits per heavy atom. The standard InChI is InChI=1S/C17H16N2O/c1-12-6-8-14(9-7-12)18-11-13-10-17(20)19-16-5-3-2-4-15(13)16/h2-10,18H,11H2,1H3,(H,19,20). The molecule has 1 aromatic heterocycles. The van der Waals surface area contributed by atoms with Gasteiger partial charge in [0.05, 0.1) is 0 Å². The lowest BCUT2D eigenvalue weighted by atomic mass is 10.1. The fraction of sp³-hybridized carbons (Fsp3) is 0.118. The minimum atomic E-state index is -0.0654. The molecule has 2 N–H and O–H groups in total. The molecule has 100 valence electrons. The van der Waals surface area contributed by atoms with E-state index in [1.54, 1.807) is 6.07 Å². The van der Waals surface area contributed by atoms with E-state index in [1.165, 1.54) is 5.56 Å². The molecule has 0 bridgehead atoms. The number of aromatic nitrogens is 1. The number of nitrogens with one attached hydrogen (secondary N) is 2. The van der Waals surface area contributed by atoms with E-state index in [-0.39, 0.29) is 5.56 Å². The van der Waals surface area contributed by atoms with Gasteiger partial charge in [0.2, 0.25) is 5.56 Å². The zero-order valence-corrected chi connectivity index (χ0v) is 11.3. The van der Waals surface area contributed by atoms with Gasteiger partial charge in [-0.05, 0) is 30.7 Å². The normalized spacial score (nSPS) is 10.7. The average molecular weight is 264 g/mol. The van der Waals surface area contributed by atoms with Crippen LogP contribution in [0.4, 0.5) is 5.69 Å². The summed E-state index contributed by atoms with van der Waals surface area (Å²) in [6.07, 6.45) is 0. The summed E-state index contributed by atoms with van der Waals surface area (Å²) in [5.41, 5.74) is 4.10. The maximum atomic E-state index is 11.7. The maximum Gasteiger partial charge on any atom is 0.248 e. The van der Waals surface area contributed by atoms with Gasteiger partial charge in [-0.2, -0.15) is 0 Å². The van der Waals surface area contributed by atoms with E-state index in [9.17, 15) is 4.79 Å². The molecular formula is C17H16N2O. The number of rotatable bonds is 3. The van der Waals surface area contributed by atoms with Gasteiger partial charge < -0.3 is 10.3 Å². The number of para-hydroxylation sites is 1. The third kappa shape index (κ3) is 2.57. The van der Waals surface area contributed by atoms with E-state index in [1.807, 2.05) is 36.4 Å². The predicted molar refractivity (Wildman–Crippen MR) is 83.1 cm³/mol. The molecule has 0 fully saturated rings. The summed E-state index contributed by atoms with van der Waals surface area (Å²) in [5.74, 6) is 0. The highest BCUT2D eigenvalue weighted by Gasteiger charge is 2.02. The van der Waals surface area contributed by atoms with Gasteiger partial charge in [-0.15, -0.1) is 0 Å². The summed E-state index contributed by atoms with van der Waals surface area (Å²) in [4.78, 5) is 14.5. The van der Waals surface area contributed by atoms with Gasteiger partial charge in [0.15, 0.2) is 0 Å². The number of fused-ring (bicyclic) bond motifs is 1. The van der Waals surface area contributed by atoms with E-state index in [0.717, 1.165) is 22.2 Å². The molecule has 0 saturated heterocycles. The van der Waals surface area contributed by atoms with Crippen molar-refractivity contribution in [2.45, 2.75) is 13.5 Å². The van der Waals surface area contributed by atoms with Crippen LogP contribution in [0.5, 0.6) is 0 Å². The van der Waals surface area contributed by atoms with Crippen molar-refractivity contribution in [3.8, 4) is 0 Å². The smallest absolute Gasteiger partial charge is 0.248 e. The molecule has 3 aromatic rings. The van der Waals surface area contributed by atoms with Crippen molar-refractivity contribution in [3.05, 3.63) is 76.1 Å². The van der Waals surface area contributed by atoms with Gasteiger partial charge in [0.1, 0.15) is 0 Å². The lowest BCUT2D eigenvalue weighted by molar-refractivity contribution is 1.14. The molecule has 3 nitrogen and oxygen atoms in total. The third-order valence-electron chi connectivity index (χ3n) is 3.37. The Kier molecular flexibility index (Phi) is 3.25. The van der Waals surface area contributed by atoms with Gasteiger partial charge in [-0.25, -0.2) is 0 Å². The summed E-state index contributed by atoms with van der Waals surface area (Å²) < 4.78 is 0. The number of pyridine rings is 1. The van der Waals surface area contributed by atoms with Gasteiger partial charge in [0, 0.05) is 29.2 Å². The van der Waals surface area contributed by atoms with Crippen molar-refractivity contribution < 1.29 is 0 Å². The van der Waals surface area contributed by atoms with Crippen LogP contribution in [0.15, 0.2) is 59.4 Å². The quantitative estimate of drug-likeness (QED) is 0.761. The summed E-state index contributed by atoms with van der Waals surface area (Å²) in [7, 11) is 0. The molecule has 3 heteroatoms. The van der Waals surface area contributed by atoms with E-state index in [4.69, 9.17) is 0 Å². The van der Waals surface area contributed by atoms with Gasteiger partial charge >= 0.3 is 0 Å². The molecule has 2 aromatic carbocycles. The van der Waals surface area contributed by atoms with Gasteiger partial charge in [0.25, 0.3) is 0 Å². The molecule has 1 heterocycles. The Labute approximate surface area is 117 Å². The van der Waals surface area contributed by atoms with E-state index in [2.05, 4.69) is 29.4 Å². The molecule has 0 atom stereocenters. The number of hydrogen-bond acceptors (Lipinski definition) is 2. The van der Waals surface area contributed by atoms with Crippen molar-refractivity contribution in [2.75, 3.05) is 5.32 Å². The van der Waals surface area contributed by atoms with Crippen LogP contribution < -0.4 is 10.9 Å². The van der Waals surface area contributed by atoms with Crippen molar-refractivity contribution in [3.63, 3.8) is 0 Å². The Morgan fingerprint density at radius 3 is 2.60 bits per heavy atom. The third-order valence-corrected chi connectivity index (χ3v) is 3.37. The number of benzene rings is 2. The summed E-state index contributed by atoms with van der Waals surface area (Å²) >= 11 is 0. The SMILES string of the molecule is Cc1ccc(NCc2cc(=O)[nH]c3ccccc23)cc1. The maximum absolute atomic E-state index is 11.7. The monoisotopic (exact) mass is 264 g/mol. The summed E-state index contributed by atoms with van der Waals surface area (Å²) in [5, 5.41) is 4.43. The summed E-state index contributed by atoms with van der Waals surface area (Å²) in [6.45, 7) is 2.70. The van der Waals surface area contributed by atoms with E-state index < -0.39 is 0 Å². The zero-order chi connectivity index (χ0) is 13.9. The van der Waals surface area contributed by atoms with Crippen LogP contribution in [-0.2, 0) is 6.54 Å². The minimum Gasteiger partial charge on any atom is -0.381 e. The molecule has 0 unspecified atom stereocenters. The molecule has 20 heavy (non-hydrogen) atoms. The first kappa shape index (κ1) is 12.5. The lowest BCUT2D eigenvalue weighted by Crippen LogP contribution is -2.09. The average Bonchev–Trinajstić information content (AvgIpc) is 2.46. The molecule has 0 aliphatic heterocycles. The predicted octanol–water partition coefficient (Wildman–Crippen LogP) is 3.45. The molecule has 0 aliphatic carbocycles. The molecule has 3 rings (SSSR count). The highest BCUT2D eigenvalue weighted by Crippen LogP contribution is 2.16. The molecular weight excluding hydrogens is 248 g/mol. The van der Waals surface area contributed by atoms with Crippen LogP contribution in [0, 0.1) is 6.92 Å². The Hall–Kier alpha value is -2.55. The topological polar surface area (TPSA) is 44.9 Å². The van der Waals surface area contributed by atoms with Crippen LogP contribution in [0.1, 0.15) is 11.1 Å². The van der Waals surface area contributed by atoms with Gasteiger partial charge in [-0.1, -0.05) is 35.9 Å². The molecule has 0 radical (unpaired) electrons. The number of aryl methyl sites for hydroxylation is 1. The first-order chi connectivity index (χ1) is 9.72. The minimum absolute atomic E-state index is 0.0654. The fourth-order valence-electron chi connectivity index (χ4n) is 2.29. The Morgan fingerprint density at radius 1 is 1.05 bits per heavy atom. The van der Waals surface area contributed by atoms with Crippen molar-refractivity contribution in [1.29, 1.82) is 0 Å². The van der Waals surface area contributed by atoms with E-state index in [0.29, 0.717) is 6.54 Å². The van der Waals surface area contributed by atoms with Gasteiger partial charge in [-0.3, -0.25) is 4.79 Å².